The van der Waals surface area contributed by atoms with Gasteiger partial charge in [0.05, 0.1) is 0 Å². The lowest BCUT2D eigenvalue weighted by Gasteiger charge is -2.03. The molecule has 1 N–H and O–H groups in total. The number of halogens is 2. The zero-order chi connectivity index (χ0) is 13.3. The lowest BCUT2D eigenvalue weighted by atomic mass is 10.2. The lowest BCUT2D eigenvalue weighted by Crippen LogP contribution is -2.12. The summed E-state index contributed by atoms with van der Waals surface area (Å²) in [7, 11) is 1.83. The van der Waals surface area contributed by atoms with E-state index in [4.69, 9.17) is 0 Å². The highest BCUT2D eigenvalue weighted by Crippen LogP contribution is 2.21. The number of carbonyl (C=O) groups is 1. The van der Waals surface area contributed by atoms with Crippen LogP contribution in [0.3, 0.4) is 0 Å². The molecule has 2 aromatic rings. The quantitative estimate of drug-likeness (QED) is 0.876. The Labute approximate surface area is 122 Å². The van der Waals surface area contributed by atoms with E-state index < -0.39 is 0 Å². The number of nitrogens with zero attached hydrogens (tertiary/aromatic N) is 2. The minimum atomic E-state index is -0.185. The Morgan fingerprint density at radius 3 is 2.33 bits per heavy atom. The van der Waals surface area contributed by atoms with E-state index >= 15 is 0 Å². The normalized spacial score (nSPS) is 10.4. The molecule has 0 saturated carbocycles. The van der Waals surface area contributed by atoms with Crippen LogP contribution in [0.2, 0.25) is 0 Å². The molecule has 0 bridgehead atoms. The van der Waals surface area contributed by atoms with Crippen LogP contribution in [-0.2, 0) is 7.05 Å². The van der Waals surface area contributed by atoms with E-state index in [1.165, 1.54) is 0 Å². The fraction of sp³-hybridized carbons (Fsp3) is 0.167. The van der Waals surface area contributed by atoms with E-state index in [-0.39, 0.29) is 5.91 Å². The summed E-state index contributed by atoms with van der Waals surface area (Å²) in [6, 6.07) is 7.22. The maximum Gasteiger partial charge on any atom is 0.256 e. The minimum absolute atomic E-state index is 0.185. The highest BCUT2D eigenvalue weighted by Gasteiger charge is 2.10. The molecule has 18 heavy (non-hydrogen) atoms. The zero-order valence-corrected chi connectivity index (χ0v) is 13.0. The molecule has 0 atom stereocenters. The van der Waals surface area contributed by atoms with Gasteiger partial charge < -0.3 is 5.32 Å². The van der Waals surface area contributed by atoms with Crippen LogP contribution in [0.25, 0.3) is 0 Å². The predicted octanol–water partition coefficient (Wildman–Crippen LogP) is 3.51. The maximum absolute atomic E-state index is 12.0. The van der Waals surface area contributed by atoms with Crippen molar-refractivity contribution in [3.8, 4) is 0 Å². The van der Waals surface area contributed by atoms with Gasteiger partial charge in [-0.05, 0) is 25.1 Å². The van der Waals surface area contributed by atoms with Crippen LogP contribution >= 0.6 is 31.9 Å². The van der Waals surface area contributed by atoms with E-state index in [1.807, 2.05) is 26.1 Å². The summed E-state index contributed by atoms with van der Waals surface area (Å²) in [5, 5.41) is 6.94. The summed E-state index contributed by atoms with van der Waals surface area (Å²) in [6.45, 7) is 1.93. The molecule has 94 valence electrons. The largest absolute Gasteiger partial charge is 0.305 e. The van der Waals surface area contributed by atoms with Gasteiger partial charge in [0.15, 0.2) is 5.82 Å². The topological polar surface area (TPSA) is 46.9 Å². The van der Waals surface area contributed by atoms with Crippen LogP contribution in [-0.4, -0.2) is 15.7 Å². The van der Waals surface area contributed by atoms with Crippen molar-refractivity contribution in [2.75, 3.05) is 5.32 Å². The fourth-order valence-electron chi connectivity index (χ4n) is 1.50. The minimum Gasteiger partial charge on any atom is -0.305 e. The summed E-state index contributed by atoms with van der Waals surface area (Å²) < 4.78 is 3.41. The van der Waals surface area contributed by atoms with Crippen molar-refractivity contribution in [1.82, 2.24) is 9.78 Å². The Bertz CT molecular complexity index is 568. The number of nitrogens with one attached hydrogen (secondary N) is 1. The van der Waals surface area contributed by atoms with Crippen LogP contribution in [0.4, 0.5) is 5.82 Å². The lowest BCUT2D eigenvalue weighted by molar-refractivity contribution is 0.102. The van der Waals surface area contributed by atoms with Gasteiger partial charge in [0.25, 0.3) is 5.91 Å². The van der Waals surface area contributed by atoms with Crippen LogP contribution in [0, 0.1) is 6.92 Å². The first-order valence-corrected chi connectivity index (χ1v) is 6.82. The van der Waals surface area contributed by atoms with Crippen molar-refractivity contribution in [2.24, 2.45) is 7.05 Å². The highest BCUT2D eigenvalue weighted by atomic mass is 79.9. The summed E-state index contributed by atoms with van der Waals surface area (Å²) >= 11 is 6.71. The molecule has 1 amide bonds. The Morgan fingerprint density at radius 1 is 1.22 bits per heavy atom. The van der Waals surface area contributed by atoms with E-state index in [2.05, 4.69) is 42.3 Å². The second-order valence-electron chi connectivity index (χ2n) is 3.91. The molecule has 0 radical (unpaired) electrons. The van der Waals surface area contributed by atoms with Crippen LogP contribution in [0.1, 0.15) is 16.1 Å². The highest BCUT2D eigenvalue weighted by molar-refractivity contribution is 9.11. The Morgan fingerprint density at radius 2 is 1.83 bits per heavy atom. The third kappa shape index (κ3) is 3.00. The molecule has 0 aliphatic heterocycles. The second kappa shape index (κ2) is 5.24. The van der Waals surface area contributed by atoms with Gasteiger partial charge in [-0.1, -0.05) is 31.9 Å². The standard InChI is InChI=1S/C12H11Br2N3O/c1-7-3-11(16-17(7)2)15-12(18)8-4-9(13)6-10(14)5-8/h3-6H,1-2H3,(H,15,16,18). The molecule has 0 fully saturated rings. The Hall–Kier alpha value is -1.14. The number of anilines is 1. The molecule has 4 nitrogen and oxygen atoms in total. The molecule has 1 aromatic heterocycles. The molecule has 1 heterocycles. The number of hydrogen-bond acceptors (Lipinski definition) is 2. The molecule has 0 spiro atoms. The van der Waals surface area contributed by atoms with Crippen molar-refractivity contribution in [3.63, 3.8) is 0 Å². The number of amides is 1. The first-order valence-electron chi connectivity index (χ1n) is 5.24. The fourth-order valence-corrected chi connectivity index (χ4v) is 2.79. The maximum atomic E-state index is 12.0. The first kappa shape index (κ1) is 13.3. The Balaban J connectivity index is 2.21. The average Bonchev–Trinajstić information content (AvgIpc) is 2.56. The average molecular weight is 373 g/mol. The van der Waals surface area contributed by atoms with Crippen LogP contribution in [0.5, 0.6) is 0 Å². The summed E-state index contributed by atoms with van der Waals surface area (Å²) in [5.41, 5.74) is 1.56. The number of hydrogen-bond donors (Lipinski definition) is 1. The van der Waals surface area contributed by atoms with Crippen molar-refractivity contribution in [3.05, 3.63) is 44.5 Å². The number of aromatic nitrogens is 2. The second-order valence-corrected chi connectivity index (χ2v) is 5.74. The molecule has 6 heteroatoms. The number of aryl methyl sites for hydroxylation is 2. The van der Waals surface area contributed by atoms with Gasteiger partial charge in [-0.3, -0.25) is 9.48 Å². The van der Waals surface area contributed by atoms with Gasteiger partial charge in [-0.2, -0.15) is 5.10 Å². The number of benzene rings is 1. The van der Waals surface area contributed by atoms with Crippen molar-refractivity contribution in [1.29, 1.82) is 0 Å². The van der Waals surface area contributed by atoms with E-state index in [9.17, 15) is 4.79 Å². The van der Waals surface area contributed by atoms with E-state index in [1.54, 1.807) is 16.8 Å². The smallest absolute Gasteiger partial charge is 0.256 e. The van der Waals surface area contributed by atoms with Gasteiger partial charge >= 0.3 is 0 Å². The molecule has 1 aromatic carbocycles. The number of carbonyl (C=O) groups excluding carboxylic acids is 1. The van der Waals surface area contributed by atoms with Gasteiger partial charge in [-0.15, -0.1) is 0 Å². The summed E-state index contributed by atoms with van der Waals surface area (Å²) in [6.07, 6.45) is 0. The number of rotatable bonds is 2. The van der Waals surface area contributed by atoms with Gasteiger partial charge in [-0.25, -0.2) is 0 Å². The van der Waals surface area contributed by atoms with Crippen molar-refractivity contribution in [2.45, 2.75) is 6.92 Å². The van der Waals surface area contributed by atoms with Crippen molar-refractivity contribution < 1.29 is 4.79 Å². The first-order chi connectivity index (χ1) is 8.45. The third-order valence-corrected chi connectivity index (χ3v) is 3.40. The Kier molecular flexibility index (Phi) is 3.87. The molecule has 0 aliphatic carbocycles. The molecule has 0 unspecified atom stereocenters. The summed E-state index contributed by atoms with van der Waals surface area (Å²) in [4.78, 5) is 12.0. The van der Waals surface area contributed by atoms with E-state index in [0.29, 0.717) is 11.4 Å². The third-order valence-electron chi connectivity index (χ3n) is 2.48. The molecular weight excluding hydrogens is 362 g/mol. The van der Waals surface area contributed by atoms with Crippen molar-refractivity contribution >= 4 is 43.6 Å². The molecular formula is C12H11Br2N3O. The van der Waals surface area contributed by atoms with Crippen LogP contribution < -0.4 is 5.32 Å². The van der Waals surface area contributed by atoms with Gasteiger partial charge in [0, 0.05) is 33.3 Å². The molecule has 0 aliphatic rings. The van der Waals surface area contributed by atoms with Gasteiger partial charge in [0.1, 0.15) is 0 Å². The van der Waals surface area contributed by atoms with Crippen LogP contribution in [0.15, 0.2) is 33.2 Å². The molecule has 0 saturated heterocycles. The van der Waals surface area contributed by atoms with Gasteiger partial charge in [0.2, 0.25) is 0 Å². The van der Waals surface area contributed by atoms with E-state index in [0.717, 1.165) is 14.6 Å². The SMILES string of the molecule is Cc1cc(NC(=O)c2cc(Br)cc(Br)c2)nn1C. The molecule has 2 rings (SSSR count). The summed E-state index contributed by atoms with van der Waals surface area (Å²) in [5.74, 6) is 0.367. The predicted molar refractivity (Wildman–Crippen MR) is 77.7 cm³/mol. The monoisotopic (exact) mass is 371 g/mol. The zero-order valence-electron chi connectivity index (χ0n) is 9.87.